The van der Waals surface area contributed by atoms with Crippen LogP contribution in [0.4, 0.5) is 13.2 Å². The average molecular weight is 294 g/mol. The highest BCUT2D eigenvalue weighted by atomic mass is 127. The summed E-state index contributed by atoms with van der Waals surface area (Å²) in [5, 5.41) is 8.46. The van der Waals surface area contributed by atoms with Crippen LogP contribution in [0.2, 0.25) is 0 Å². The fraction of sp³-hybridized carbons (Fsp3) is 0.833. The molecule has 0 aromatic heterocycles. The standard InChI is InChI=1S/C6H6F3IO2/c7-6(8,9)5(4(11)12)2-1-3(5)10/h3H,1-2H2,(H,11,12). The molecule has 1 saturated carbocycles. The van der Waals surface area contributed by atoms with E-state index in [4.69, 9.17) is 5.11 Å². The van der Waals surface area contributed by atoms with E-state index >= 15 is 0 Å². The predicted molar refractivity (Wildman–Crippen MR) is 43.2 cm³/mol. The molecule has 12 heavy (non-hydrogen) atoms. The van der Waals surface area contributed by atoms with E-state index in [1.807, 2.05) is 0 Å². The minimum absolute atomic E-state index is 0.292. The summed E-state index contributed by atoms with van der Waals surface area (Å²) in [6, 6.07) is 0. The van der Waals surface area contributed by atoms with Gasteiger partial charge in [-0.15, -0.1) is 0 Å². The molecule has 1 aliphatic carbocycles. The molecule has 2 nitrogen and oxygen atoms in total. The molecule has 2 unspecified atom stereocenters. The van der Waals surface area contributed by atoms with Crippen molar-refractivity contribution in [3.8, 4) is 0 Å². The van der Waals surface area contributed by atoms with Gasteiger partial charge in [-0.25, -0.2) is 0 Å². The van der Waals surface area contributed by atoms with Crippen LogP contribution in [0.1, 0.15) is 12.8 Å². The Labute approximate surface area is 80.3 Å². The zero-order valence-corrected chi connectivity index (χ0v) is 8.02. The molecule has 1 aliphatic rings. The number of hydrogen-bond acceptors (Lipinski definition) is 1. The van der Waals surface area contributed by atoms with Crippen LogP contribution in [0.15, 0.2) is 0 Å². The molecule has 0 heterocycles. The van der Waals surface area contributed by atoms with Gasteiger partial charge in [0.25, 0.3) is 0 Å². The van der Waals surface area contributed by atoms with Crippen molar-refractivity contribution in [1.29, 1.82) is 0 Å². The topological polar surface area (TPSA) is 37.3 Å². The second kappa shape index (κ2) is 2.74. The predicted octanol–water partition coefficient (Wildman–Crippen LogP) is 2.22. The van der Waals surface area contributed by atoms with E-state index in [1.165, 1.54) is 0 Å². The monoisotopic (exact) mass is 294 g/mol. The number of halogens is 4. The van der Waals surface area contributed by atoms with E-state index in [9.17, 15) is 18.0 Å². The minimum Gasteiger partial charge on any atom is -0.481 e. The van der Waals surface area contributed by atoms with Gasteiger partial charge in [-0.3, -0.25) is 4.79 Å². The third kappa shape index (κ3) is 1.11. The first-order valence-corrected chi connectivity index (χ1v) is 4.51. The van der Waals surface area contributed by atoms with Gasteiger partial charge in [0.05, 0.1) is 0 Å². The van der Waals surface area contributed by atoms with Crippen LogP contribution in [0, 0.1) is 5.41 Å². The number of carboxylic acids is 1. The molecule has 1 rings (SSSR count). The van der Waals surface area contributed by atoms with Gasteiger partial charge in [-0.05, 0) is 12.8 Å². The molecule has 1 fully saturated rings. The number of carbonyl (C=O) groups is 1. The lowest BCUT2D eigenvalue weighted by atomic mass is 9.68. The molecular weight excluding hydrogens is 288 g/mol. The first-order valence-electron chi connectivity index (χ1n) is 3.26. The van der Waals surface area contributed by atoms with Gasteiger partial charge in [0.1, 0.15) is 0 Å². The van der Waals surface area contributed by atoms with E-state index in [0.717, 1.165) is 0 Å². The molecule has 0 amide bonds. The van der Waals surface area contributed by atoms with Crippen molar-refractivity contribution in [2.45, 2.75) is 22.9 Å². The number of rotatable bonds is 1. The zero-order valence-electron chi connectivity index (χ0n) is 5.86. The van der Waals surface area contributed by atoms with Gasteiger partial charge in [-0.2, -0.15) is 13.2 Å². The molecule has 1 N–H and O–H groups in total. The van der Waals surface area contributed by atoms with Crippen molar-refractivity contribution in [2.75, 3.05) is 0 Å². The smallest absolute Gasteiger partial charge is 0.405 e. The summed E-state index contributed by atoms with van der Waals surface area (Å²) in [7, 11) is 0. The first-order chi connectivity index (χ1) is 5.32. The lowest BCUT2D eigenvalue weighted by Gasteiger charge is -2.43. The molecule has 0 bridgehead atoms. The van der Waals surface area contributed by atoms with Crippen LogP contribution in [-0.2, 0) is 4.79 Å². The minimum atomic E-state index is -4.62. The maximum absolute atomic E-state index is 12.3. The van der Waals surface area contributed by atoms with Crippen LogP contribution in [0.3, 0.4) is 0 Å². The van der Waals surface area contributed by atoms with Gasteiger partial charge in [0.2, 0.25) is 0 Å². The summed E-state index contributed by atoms with van der Waals surface area (Å²) >= 11 is 1.55. The fourth-order valence-corrected chi connectivity index (χ4v) is 2.47. The van der Waals surface area contributed by atoms with E-state index < -0.39 is 21.5 Å². The molecule has 2 atom stereocenters. The Morgan fingerprint density at radius 2 is 2.08 bits per heavy atom. The molecule has 6 heteroatoms. The zero-order chi connectivity index (χ0) is 9.57. The average Bonchev–Trinajstić information content (AvgIpc) is 1.80. The van der Waals surface area contributed by atoms with E-state index in [1.54, 1.807) is 22.6 Å². The Morgan fingerprint density at radius 1 is 1.58 bits per heavy atom. The van der Waals surface area contributed by atoms with Crippen LogP contribution in [-0.4, -0.2) is 21.2 Å². The van der Waals surface area contributed by atoms with Crippen molar-refractivity contribution in [1.82, 2.24) is 0 Å². The number of hydrogen-bond donors (Lipinski definition) is 1. The Hall–Kier alpha value is -0.0100. The van der Waals surface area contributed by atoms with Crippen molar-refractivity contribution in [3.63, 3.8) is 0 Å². The number of carboxylic acid groups (broad SMARTS) is 1. The van der Waals surface area contributed by atoms with E-state index in [-0.39, 0.29) is 6.42 Å². The first kappa shape index (κ1) is 10.1. The number of aliphatic carboxylic acids is 1. The van der Waals surface area contributed by atoms with Gasteiger partial charge in [0, 0.05) is 3.92 Å². The lowest BCUT2D eigenvalue weighted by Crippen LogP contribution is -2.57. The highest BCUT2D eigenvalue weighted by Crippen LogP contribution is 2.56. The molecular formula is C6H6F3IO2. The van der Waals surface area contributed by atoms with Crippen LogP contribution in [0.25, 0.3) is 0 Å². The summed E-state index contributed by atoms with van der Waals surface area (Å²) < 4.78 is 36.0. The molecule has 70 valence electrons. The third-order valence-corrected chi connectivity index (χ3v) is 3.90. The molecule has 0 saturated heterocycles. The summed E-state index contributed by atoms with van der Waals surface area (Å²) in [6.07, 6.45) is -4.59. The maximum atomic E-state index is 12.3. The van der Waals surface area contributed by atoms with Gasteiger partial charge in [-0.1, -0.05) is 22.6 Å². The highest BCUT2D eigenvalue weighted by molar-refractivity contribution is 14.1. The van der Waals surface area contributed by atoms with Crippen molar-refractivity contribution in [3.05, 3.63) is 0 Å². The highest BCUT2D eigenvalue weighted by Gasteiger charge is 2.68. The van der Waals surface area contributed by atoms with Crippen LogP contribution >= 0.6 is 22.6 Å². The third-order valence-electron chi connectivity index (χ3n) is 2.21. The lowest BCUT2D eigenvalue weighted by molar-refractivity contribution is -0.247. The molecule has 0 aromatic rings. The second-order valence-electron chi connectivity index (χ2n) is 2.78. The van der Waals surface area contributed by atoms with Crippen LogP contribution < -0.4 is 0 Å². The Bertz CT molecular complexity index is 215. The Kier molecular flexibility index (Phi) is 2.30. The summed E-state index contributed by atoms with van der Waals surface area (Å²) in [5.41, 5.74) is -2.48. The second-order valence-corrected chi connectivity index (χ2v) is 4.28. The summed E-state index contributed by atoms with van der Waals surface area (Å²) in [5.74, 6) is -1.75. The quantitative estimate of drug-likeness (QED) is 0.595. The Morgan fingerprint density at radius 3 is 2.08 bits per heavy atom. The Balaban J connectivity index is 2.97. The summed E-state index contributed by atoms with van der Waals surface area (Å²) in [4.78, 5) is 10.4. The summed E-state index contributed by atoms with van der Waals surface area (Å²) in [6.45, 7) is 0. The molecule has 0 radical (unpaired) electrons. The fourth-order valence-electron chi connectivity index (χ4n) is 1.22. The van der Waals surface area contributed by atoms with Gasteiger partial charge in [0.15, 0.2) is 5.41 Å². The van der Waals surface area contributed by atoms with Crippen molar-refractivity contribution in [2.24, 2.45) is 5.41 Å². The molecule has 0 aliphatic heterocycles. The van der Waals surface area contributed by atoms with Gasteiger partial charge < -0.3 is 5.11 Å². The normalized spacial score (nSPS) is 35.8. The number of alkyl halides is 4. The van der Waals surface area contributed by atoms with Crippen molar-refractivity contribution >= 4 is 28.6 Å². The van der Waals surface area contributed by atoms with E-state index in [2.05, 4.69) is 0 Å². The molecule has 0 aromatic carbocycles. The maximum Gasteiger partial charge on any atom is 0.405 e. The molecule has 0 spiro atoms. The largest absolute Gasteiger partial charge is 0.481 e. The van der Waals surface area contributed by atoms with Crippen LogP contribution in [0.5, 0.6) is 0 Å². The van der Waals surface area contributed by atoms with Gasteiger partial charge >= 0.3 is 12.1 Å². The van der Waals surface area contributed by atoms with E-state index in [0.29, 0.717) is 6.42 Å². The van der Waals surface area contributed by atoms with Crippen molar-refractivity contribution < 1.29 is 23.1 Å². The SMILES string of the molecule is O=C(O)C1(C(F)(F)F)CCC1I.